The van der Waals surface area contributed by atoms with Crippen LogP contribution in [0.25, 0.3) is 0 Å². The fourth-order valence-corrected chi connectivity index (χ4v) is 1.56. The van der Waals surface area contributed by atoms with E-state index >= 15 is 0 Å². The summed E-state index contributed by atoms with van der Waals surface area (Å²) in [5, 5.41) is 9.89. The molecule has 1 aromatic heterocycles. The molecular formula is C12H8F4N2O. The van der Waals surface area contributed by atoms with Crippen LogP contribution in [0.4, 0.5) is 17.6 Å². The van der Waals surface area contributed by atoms with Gasteiger partial charge in [0.15, 0.2) is 0 Å². The monoisotopic (exact) mass is 272 g/mol. The minimum absolute atomic E-state index is 0.0903. The first-order chi connectivity index (χ1) is 8.89. The van der Waals surface area contributed by atoms with Gasteiger partial charge in [-0.2, -0.15) is 13.2 Å². The van der Waals surface area contributed by atoms with Crippen LogP contribution in [0.15, 0.2) is 36.8 Å². The molecule has 0 bridgehead atoms. The maximum Gasteiger partial charge on any atom is 0.419 e. The van der Waals surface area contributed by atoms with Crippen LogP contribution in [0.5, 0.6) is 0 Å². The van der Waals surface area contributed by atoms with E-state index in [1.165, 1.54) is 12.3 Å². The fraction of sp³-hybridized carbons (Fsp3) is 0.167. The van der Waals surface area contributed by atoms with Crippen molar-refractivity contribution in [1.82, 2.24) is 9.97 Å². The first kappa shape index (κ1) is 13.4. The molecule has 1 atom stereocenters. The van der Waals surface area contributed by atoms with Crippen LogP contribution in [-0.2, 0) is 6.18 Å². The molecule has 0 aliphatic carbocycles. The van der Waals surface area contributed by atoms with Crippen molar-refractivity contribution in [2.75, 3.05) is 0 Å². The van der Waals surface area contributed by atoms with E-state index in [-0.39, 0.29) is 11.3 Å². The first-order valence-electron chi connectivity index (χ1n) is 5.20. The molecule has 7 heteroatoms. The molecule has 0 aliphatic rings. The summed E-state index contributed by atoms with van der Waals surface area (Å²) in [6, 6.07) is 3.68. The Hall–Kier alpha value is -2.02. The average molecular weight is 272 g/mol. The number of hydrogen-bond donors (Lipinski definition) is 1. The number of aliphatic hydroxyl groups excluding tert-OH is 1. The van der Waals surface area contributed by atoms with Gasteiger partial charge in [-0.05, 0) is 23.8 Å². The zero-order valence-corrected chi connectivity index (χ0v) is 9.39. The molecule has 1 heterocycles. The van der Waals surface area contributed by atoms with Crippen molar-refractivity contribution < 1.29 is 22.7 Å². The molecule has 2 aromatic rings. The van der Waals surface area contributed by atoms with Gasteiger partial charge in [-0.25, -0.2) is 14.4 Å². The molecule has 0 saturated heterocycles. The topological polar surface area (TPSA) is 46.0 Å². The van der Waals surface area contributed by atoms with E-state index in [1.54, 1.807) is 0 Å². The zero-order chi connectivity index (χ0) is 14.0. The van der Waals surface area contributed by atoms with Gasteiger partial charge in [-0.1, -0.05) is 6.07 Å². The quantitative estimate of drug-likeness (QED) is 0.855. The SMILES string of the molecule is OC(c1ccc(F)c(C(F)(F)F)c1)c1ccncn1. The van der Waals surface area contributed by atoms with Crippen molar-refractivity contribution in [2.24, 2.45) is 0 Å². The van der Waals surface area contributed by atoms with Crippen LogP contribution in [0.2, 0.25) is 0 Å². The Morgan fingerprint density at radius 2 is 1.89 bits per heavy atom. The van der Waals surface area contributed by atoms with Crippen LogP contribution in [-0.4, -0.2) is 15.1 Å². The van der Waals surface area contributed by atoms with E-state index in [0.717, 1.165) is 12.4 Å². The summed E-state index contributed by atoms with van der Waals surface area (Å²) < 4.78 is 50.7. The number of aromatic nitrogens is 2. The number of alkyl halides is 3. The van der Waals surface area contributed by atoms with E-state index in [9.17, 15) is 22.7 Å². The molecule has 2 rings (SSSR count). The van der Waals surface area contributed by atoms with Gasteiger partial charge >= 0.3 is 6.18 Å². The highest BCUT2D eigenvalue weighted by Crippen LogP contribution is 2.33. The Balaban J connectivity index is 2.42. The van der Waals surface area contributed by atoms with E-state index in [0.29, 0.717) is 12.1 Å². The standard InChI is InChI=1S/C12H8F4N2O/c13-9-2-1-7(5-8(9)12(14,15)16)11(19)10-3-4-17-6-18-10/h1-6,11,19H. The minimum Gasteiger partial charge on any atom is -0.382 e. The molecule has 100 valence electrons. The fourth-order valence-electron chi connectivity index (χ4n) is 1.56. The first-order valence-corrected chi connectivity index (χ1v) is 5.20. The maximum atomic E-state index is 13.1. The van der Waals surface area contributed by atoms with E-state index in [4.69, 9.17) is 0 Å². The van der Waals surface area contributed by atoms with Crippen molar-refractivity contribution >= 4 is 0 Å². The second kappa shape index (κ2) is 4.93. The summed E-state index contributed by atoms with van der Waals surface area (Å²) in [4.78, 5) is 7.36. The summed E-state index contributed by atoms with van der Waals surface area (Å²) in [6.07, 6.45) is -3.68. The third kappa shape index (κ3) is 2.87. The highest BCUT2D eigenvalue weighted by molar-refractivity contribution is 5.32. The molecule has 0 amide bonds. The summed E-state index contributed by atoms with van der Waals surface area (Å²) in [5.41, 5.74) is -1.37. The lowest BCUT2D eigenvalue weighted by Gasteiger charge is -2.13. The number of benzene rings is 1. The molecule has 3 nitrogen and oxygen atoms in total. The molecule has 1 aromatic carbocycles. The second-order valence-corrected chi connectivity index (χ2v) is 3.77. The maximum absolute atomic E-state index is 13.1. The summed E-state index contributed by atoms with van der Waals surface area (Å²) in [7, 11) is 0. The van der Waals surface area contributed by atoms with Gasteiger partial charge in [-0.3, -0.25) is 0 Å². The smallest absolute Gasteiger partial charge is 0.382 e. The van der Waals surface area contributed by atoms with Gasteiger partial charge in [0.05, 0.1) is 11.3 Å². The Kier molecular flexibility index (Phi) is 3.48. The van der Waals surface area contributed by atoms with Crippen molar-refractivity contribution in [3.63, 3.8) is 0 Å². The Labute approximate surface area is 105 Å². The highest BCUT2D eigenvalue weighted by atomic mass is 19.4. The molecule has 0 saturated carbocycles. The number of aliphatic hydroxyl groups is 1. The molecule has 1 unspecified atom stereocenters. The minimum atomic E-state index is -4.81. The molecule has 1 N–H and O–H groups in total. The lowest BCUT2D eigenvalue weighted by molar-refractivity contribution is -0.140. The molecule has 0 fully saturated rings. The van der Waals surface area contributed by atoms with E-state index < -0.39 is 23.7 Å². The molecule has 19 heavy (non-hydrogen) atoms. The third-order valence-electron chi connectivity index (χ3n) is 2.50. The predicted octanol–water partition coefficient (Wildman–Crippen LogP) is 2.72. The van der Waals surface area contributed by atoms with Gasteiger partial charge < -0.3 is 5.11 Å². The third-order valence-corrected chi connectivity index (χ3v) is 2.50. The number of halogens is 4. The summed E-state index contributed by atoms with van der Waals surface area (Å²) in [6.45, 7) is 0. The van der Waals surface area contributed by atoms with Crippen LogP contribution < -0.4 is 0 Å². The summed E-state index contributed by atoms with van der Waals surface area (Å²) in [5.74, 6) is -1.38. The van der Waals surface area contributed by atoms with Crippen molar-refractivity contribution in [3.8, 4) is 0 Å². The van der Waals surface area contributed by atoms with E-state index in [1.807, 2.05) is 0 Å². The largest absolute Gasteiger partial charge is 0.419 e. The Bertz CT molecular complexity index is 572. The second-order valence-electron chi connectivity index (χ2n) is 3.77. The number of hydrogen-bond acceptors (Lipinski definition) is 3. The predicted molar refractivity (Wildman–Crippen MR) is 57.5 cm³/mol. The zero-order valence-electron chi connectivity index (χ0n) is 9.39. The molecular weight excluding hydrogens is 264 g/mol. The van der Waals surface area contributed by atoms with Crippen LogP contribution in [0.1, 0.15) is 22.9 Å². The number of nitrogens with zero attached hydrogens (tertiary/aromatic N) is 2. The Morgan fingerprint density at radius 1 is 1.16 bits per heavy atom. The molecule has 0 aliphatic heterocycles. The van der Waals surface area contributed by atoms with Gasteiger partial charge in [0.1, 0.15) is 18.2 Å². The average Bonchev–Trinajstić information content (AvgIpc) is 2.38. The highest BCUT2D eigenvalue weighted by Gasteiger charge is 2.34. The number of rotatable bonds is 2. The van der Waals surface area contributed by atoms with Crippen LogP contribution in [0.3, 0.4) is 0 Å². The van der Waals surface area contributed by atoms with Crippen LogP contribution in [0, 0.1) is 5.82 Å². The van der Waals surface area contributed by atoms with Crippen molar-refractivity contribution in [3.05, 3.63) is 59.4 Å². The van der Waals surface area contributed by atoms with Crippen molar-refractivity contribution in [1.29, 1.82) is 0 Å². The van der Waals surface area contributed by atoms with Gasteiger partial charge in [-0.15, -0.1) is 0 Å². The lowest BCUT2D eigenvalue weighted by Crippen LogP contribution is -2.10. The Morgan fingerprint density at radius 3 is 2.47 bits per heavy atom. The molecule has 0 spiro atoms. The van der Waals surface area contributed by atoms with Gasteiger partial charge in [0.25, 0.3) is 0 Å². The molecule has 0 radical (unpaired) electrons. The van der Waals surface area contributed by atoms with Gasteiger partial charge in [0, 0.05) is 6.20 Å². The van der Waals surface area contributed by atoms with Crippen molar-refractivity contribution in [2.45, 2.75) is 12.3 Å². The lowest BCUT2D eigenvalue weighted by atomic mass is 10.0. The van der Waals surface area contributed by atoms with Crippen LogP contribution >= 0.6 is 0 Å². The normalized spacial score (nSPS) is 13.3. The van der Waals surface area contributed by atoms with Gasteiger partial charge in [0.2, 0.25) is 0 Å². The summed E-state index contributed by atoms with van der Waals surface area (Å²) >= 11 is 0. The van der Waals surface area contributed by atoms with E-state index in [2.05, 4.69) is 9.97 Å².